The van der Waals surface area contributed by atoms with E-state index >= 15 is 0 Å². The lowest BCUT2D eigenvalue weighted by Crippen LogP contribution is -2.48. The smallest absolute Gasteiger partial charge is 0.241 e. The number of primary sulfonamides is 1. The van der Waals surface area contributed by atoms with E-state index in [0.717, 1.165) is 12.1 Å². The minimum absolute atomic E-state index is 0.0393. The molecule has 8 nitrogen and oxygen atoms in total. The molecule has 0 radical (unpaired) electrons. The lowest BCUT2D eigenvalue weighted by Gasteiger charge is -2.43. The van der Waals surface area contributed by atoms with Crippen molar-refractivity contribution in [2.24, 2.45) is 21.5 Å². The van der Waals surface area contributed by atoms with Crippen molar-refractivity contribution >= 4 is 21.9 Å². The molecule has 1 saturated carbocycles. The number of carbonyl (C=O) groups is 1. The monoisotopic (exact) mass is 437 g/mol. The topological polar surface area (TPSA) is 117 Å². The predicted molar refractivity (Wildman–Crippen MR) is 119 cm³/mol. The van der Waals surface area contributed by atoms with Crippen LogP contribution < -0.4 is 15.8 Å². The molecule has 0 bridgehead atoms. The maximum atomic E-state index is 12.0. The summed E-state index contributed by atoms with van der Waals surface area (Å²) in [5.41, 5.74) is 1.14. The van der Waals surface area contributed by atoms with E-state index in [2.05, 4.69) is 29.5 Å². The van der Waals surface area contributed by atoms with Crippen LogP contribution >= 0.6 is 0 Å². The Hall–Kier alpha value is -2.13. The van der Waals surface area contributed by atoms with Crippen molar-refractivity contribution in [1.82, 2.24) is 15.5 Å². The van der Waals surface area contributed by atoms with Gasteiger partial charge in [0.1, 0.15) is 0 Å². The number of likely N-dealkylation sites (N-methyl/N-ethyl adjacent to an activating group) is 1. The lowest BCUT2D eigenvalue weighted by molar-refractivity contribution is -0.127. The van der Waals surface area contributed by atoms with Gasteiger partial charge in [0.2, 0.25) is 15.9 Å². The van der Waals surface area contributed by atoms with E-state index in [-0.39, 0.29) is 17.3 Å². The zero-order valence-electron chi connectivity index (χ0n) is 18.4. The maximum absolute atomic E-state index is 12.0. The summed E-state index contributed by atoms with van der Waals surface area (Å²) in [5, 5.41) is 11.7. The molecular weight excluding hydrogens is 402 g/mol. The number of nitrogens with two attached hydrogens (primary N) is 1. The molecule has 0 heterocycles. The van der Waals surface area contributed by atoms with Gasteiger partial charge < -0.3 is 15.5 Å². The van der Waals surface area contributed by atoms with Gasteiger partial charge in [-0.15, -0.1) is 0 Å². The summed E-state index contributed by atoms with van der Waals surface area (Å²) in [6.07, 6.45) is 4.83. The highest BCUT2D eigenvalue weighted by Gasteiger charge is 2.37. The number of nitrogens with one attached hydrogen (secondary N) is 2. The fraction of sp³-hybridized carbons (Fsp3) is 0.619. The van der Waals surface area contributed by atoms with Gasteiger partial charge in [0.05, 0.1) is 18.0 Å². The second-order valence-corrected chi connectivity index (χ2v) is 10.4. The van der Waals surface area contributed by atoms with E-state index in [4.69, 9.17) is 5.14 Å². The van der Waals surface area contributed by atoms with E-state index in [1.165, 1.54) is 42.7 Å². The number of sulfonamides is 1. The van der Waals surface area contributed by atoms with Gasteiger partial charge in [-0.05, 0) is 48.3 Å². The Balaban J connectivity index is 2.07. The van der Waals surface area contributed by atoms with Gasteiger partial charge in [0.25, 0.3) is 0 Å². The van der Waals surface area contributed by atoms with Gasteiger partial charge >= 0.3 is 0 Å². The summed E-state index contributed by atoms with van der Waals surface area (Å²) in [7, 11) is -0.280. The summed E-state index contributed by atoms with van der Waals surface area (Å²) >= 11 is 0. The Bertz CT molecular complexity index is 844. The summed E-state index contributed by atoms with van der Waals surface area (Å²) in [4.78, 5) is 18.2. The van der Waals surface area contributed by atoms with Crippen molar-refractivity contribution < 1.29 is 13.2 Å². The summed E-state index contributed by atoms with van der Waals surface area (Å²) in [6.45, 7) is 5.81. The highest BCUT2D eigenvalue weighted by Crippen LogP contribution is 2.45. The lowest BCUT2D eigenvalue weighted by atomic mass is 9.64. The van der Waals surface area contributed by atoms with Crippen molar-refractivity contribution in [3.05, 3.63) is 29.8 Å². The van der Waals surface area contributed by atoms with Crippen molar-refractivity contribution in [1.29, 1.82) is 0 Å². The molecule has 1 aromatic rings. The Labute approximate surface area is 180 Å². The number of benzene rings is 1. The third kappa shape index (κ3) is 7.28. The van der Waals surface area contributed by atoms with E-state index in [0.29, 0.717) is 23.8 Å². The third-order valence-corrected chi connectivity index (χ3v) is 6.39. The first kappa shape index (κ1) is 24.1. The van der Waals surface area contributed by atoms with Crippen LogP contribution in [0.3, 0.4) is 0 Å². The van der Waals surface area contributed by atoms with Crippen LogP contribution in [0.5, 0.6) is 0 Å². The molecule has 1 fully saturated rings. The van der Waals surface area contributed by atoms with Crippen LogP contribution in [-0.4, -0.2) is 52.4 Å². The van der Waals surface area contributed by atoms with Gasteiger partial charge in [0, 0.05) is 20.6 Å². The molecule has 0 aromatic heterocycles. The van der Waals surface area contributed by atoms with Gasteiger partial charge in [-0.3, -0.25) is 4.79 Å². The standard InChI is InChI=1S/C21H35N5O3S/c1-16(2)12-21(10-5-11-21)15-25-20(24-14-19(27)26(3)4)23-13-17-6-8-18(9-7-17)30(22,28)29/h6-9,16H,5,10-15H2,1-4H3,(H2,22,28,29)(H2,23,24,25). The highest BCUT2D eigenvalue weighted by atomic mass is 32.2. The van der Waals surface area contributed by atoms with Gasteiger partial charge in [-0.1, -0.05) is 32.4 Å². The molecule has 1 aliphatic rings. The van der Waals surface area contributed by atoms with Crippen LogP contribution in [0.2, 0.25) is 0 Å². The molecule has 4 N–H and O–H groups in total. The molecule has 0 unspecified atom stereocenters. The molecule has 30 heavy (non-hydrogen) atoms. The minimum atomic E-state index is -3.71. The maximum Gasteiger partial charge on any atom is 0.241 e. The van der Waals surface area contributed by atoms with Crippen LogP contribution in [0.25, 0.3) is 0 Å². The molecule has 0 atom stereocenters. The molecule has 0 spiro atoms. The van der Waals surface area contributed by atoms with Crippen molar-refractivity contribution in [2.45, 2.75) is 51.0 Å². The summed E-state index contributed by atoms with van der Waals surface area (Å²) in [5.74, 6) is 1.17. The first-order chi connectivity index (χ1) is 14.0. The van der Waals surface area contributed by atoms with Crippen LogP contribution in [-0.2, 0) is 21.4 Å². The first-order valence-corrected chi connectivity index (χ1v) is 11.9. The normalized spacial score (nSPS) is 16.1. The molecule has 2 rings (SSSR count). The summed E-state index contributed by atoms with van der Waals surface area (Å²) in [6, 6.07) is 6.33. The number of amides is 1. The molecule has 1 amide bonds. The zero-order valence-corrected chi connectivity index (χ0v) is 19.3. The fourth-order valence-electron chi connectivity index (χ4n) is 3.71. The number of nitrogens with zero attached hydrogens (tertiary/aromatic N) is 2. The first-order valence-electron chi connectivity index (χ1n) is 10.3. The molecular formula is C21H35N5O3S. The van der Waals surface area contributed by atoms with Crippen LogP contribution in [0.1, 0.15) is 45.1 Å². The van der Waals surface area contributed by atoms with E-state index < -0.39 is 10.0 Å². The number of hydrogen-bond acceptors (Lipinski definition) is 4. The number of aliphatic imine (C=N–C) groups is 1. The van der Waals surface area contributed by atoms with Crippen molar-refractivity contribution in [3.63, 3.8) is 0 Å². The number of carbonyl (C=O) groups excluding carboxylic acids is 1. The third-order valence-electron chi connectivity index (χ3n) is 5.46. The predicted octanol–water partition coefficient (Wildman–Crippen LogP) is 1.67. The largest absolute Gasteiger partial charge is 0.356 e. The van der Waals surface area contributed by atoms with Crippen LogP contribution in [0.4, 0.5) is 0 Å². The van der Waals surface area contributed by atoms with E-state index in [1.54, 1.807) is 26.2 Å². The van der Waals surface area contributed by atoms with Crippen molar-refractivity contribution in [2.75, 3.05) is 27.2 Å². The molecule has 1 aliphatic carbocycles. The van der Waals surface area contributed by atoms with Gasteiger partial charge in [-0.25, -0.2) is 18.5 Å². The Morgan fingerprint density at radius 3 is 2.30 bits per heavy atom. The van der Waals surface area contributed by atoms with Crippen molar-refractivity contribution in [3.8, 4) is 0 Å². The van der Waals surface area contributed by atoms with Crippen LogP contribution in [0.15, 0.2) is 34.2 Å². The van der Waals surface area contributed by atoms with Gasteiger partial charge in [0.15, 0.2) is 5.96 Å². The quantitative estimate of drug-likeness (QED) is 0.401. The Morgan fingerprint density at radius 1 is 1.20 bits per heavy atom. The number of hydrogen-bond donors (Lipinski definition) is 3. The van der Waals surface area contributed by atoms with E-state index in [9.17, 15) is 13.2 Å². The molecule has 168 valence electrons. The zero-order chi connectivity index (χ0) is 22.4. The Morgan fingerprint density at radius 2 is 1.83 bits per heavy atom. The van der Waals surface area contributed by atoms with E-state index in [1.807, 2.05) is 0 Å². The van der Waals surface area contributed by atoms with Crippen LogP contribution in [0, 0.1) is 11.3 Å². The molecule has 0 aliphatic heterocycles. The second-order valence-electron chi connectivity index (χ2n) is 8.80. The SMILES string of the molecule is CC(C)CC1(CNC(=NCc2ccc(S(N)(=O)=O)cc2)NCC(=O)N(C)C)CCC1. The summed E-state index contributed by atoms with van der Waals surface area (Å²) < 4.78 is 22.8. The number of guanidine groups is 1. The molecule has 0 saturated heterocycles. The van der Waals surface area contributed by atoms with Gasteiger partial charge in [-0.2, -0.15) is 0 Å². The Kier molecular flexibility index (Phi) is 8.25. The number of rotatable bonds is 9. The minimum Gasteiger partial charge on any atom is -0.356 e. The highest BCUT2D eigenvalue weighted by molar-refractivity contribution is 7.89. The second kappa shape index (κ2) is 10.3. The fourth-order valence-corrected chi connectivity index (χ4v) is 4.23. The molecule has 9 heteroatoms. The average molecular weight is 438 g/mol. The average Bonchev–Trinajstić information content (AvgIpc) is 2.63. The molecule has 1 aromatic carbocycles.